The molecule has 0 aliphatic carbocycles. The van der Waals surface area contributed by atoms with Crippen LogP contribution in [0, 0.1) is 25.5 Å². The third kappa shape index (κ3) is 3.98. The largest absolute Gasteiger partial charge is 0.480 e. The predicted molar refractivity (Wildman–Crippen MR) is 79.7 cm³/mol. The van der Waals surface area contributed by atoms with Crippen molar-refractivity contribution in [2.24, 2.45) is 0 Å². The molecule has 1 N–H and O–H groups in total. The molecule has 1 aromatic carbocycles. The van der Waals surface area contributed by atoms with Crippen LogP contribution >= 0.6 is 11.3 Å². The van der Waals surface area contributed by atoms with Gasteiger partial charge < -0.3 is 10.1 Å². The van der Waals surface area contributed by atoms with E-state index in [-0.39, 0.29) is 12.4 Å². The van der Waals surface area contributed by atoms with Gasteiger partial charge in [0.1, 0.15) is 11.6 Å². The Labute approximate surface area is 127 Å². The molecule has 3 nitrogen and oxygen atoms in total. The van der Waals surface area contributed by atoms with Crippen molar-refractivity contribution in [2.45, 2.75) is 33.9 Å². The van der Waals surface area contributed by atoms with Gasteiger partial charge >= 0.3 is 0 Å². The van der Waals surface area contributed by atoms with Crippen LogP contribution in [0.15, 0.2) is 12.1 Å². The molecule has 0 radical (unpaired) electrons. The molecule has 0 saturated heterocycles. The van der Waals surface area contributed by atoms with Gasteiger partial charge in [-0.25, -0.2) is 13.8 Å². The van der Waals surface area contributed by atoms with Crippen molar-refractivity contribution >= 4 is 11.3 Å². The Morgan fingerprint density at radius 3 is 2.43 bits per heavy atom. The molecule has 6 heteroatoms. The molecule has 2 aromatic rings. The summed E-state index contributed by atoms with van der Waals surface area (Å²) >= 11 is 1.47. The highest BCUT2D eigenvalue weighted by atomic mass is 32.1. The number of rotatable bonds is 6. The summed E-state index contributed by atoms with van der Waals surface area (Å²) in [4.78, 5) is 5.36. The zero-order valence-corrected chi connectivity index (χ0v) is 13.1. The highest BCUT2D eigenvalue weighted by molar-refractivity contribution is 7.11. The van der Waals surface area contributed by atoms with E-state index in [1.807, 2.05) is 20.8 Å². The maximum atomic E-state index is 13.9. The molecule has 0 fully saturated rings. The lowest BCUT2D eigenvalue weighted by molar-refractivity contribution is 0.273. The lowest BCUT2D eigenvalue weighted by Crippen LogP contribution is -2.12. The van der Waals surface area contributed by atoms with E-state index in [0.29, 0.717) is 17.1 Å². The second kappa shape index (κ2) is 6.95. The first kappa shape index (κ1) is 15.9. The average Bonchev–Trinajstić information content (AvgIpc) is 2.74. The van der Waals surface area contributed by atoms with Crippen molar-refractivity contribution < 1.29 is 13.5 Å². The van der Waals surface area contributed by atoms with E-state index >= 15 is 0 Å². The van der Waals surface area contributed by atoms with Gasteiger partial charge in [-0.15, -0.1) is 11.3 Å². The smallest absolute Gasteiger partial charge is 0.191 e. The summed E-state index contributed by atoms with van der Waals surface area (Å²) in [7, 11) is 0. The highest BCUT2D eigenvalue weighted by Crippen LogP contribution is 2.25. The Kier molecular flexibility index (Phi) is 5.25. The fraction of sp³-hybridized carbons (Fsp3) is 0.400. The normalized spacial score (nSPS) is 10.9. The fourth-order valence-electron chi connectivity index (χ4n) is 1.86. The van der Waals surface area contributed by atoms with Crippen LogP contribution in [0.5, 0.6) is 5.75 Å². The highest BCUT2D eigenvalue weighted by Gasteiger charge is 2.14. The molecule has 0 bridgehead atoms. The molecule has 0 unspecified atom stereocenters. The molecule has 1 aromatic heterocycles. The van der Waals surface area contributed by atoms with Gasteiger partial charge in [0, 0.05) is 11.4 Å². The van der Waals surface area contributed by atoms with Crippen molar-refractivity contribution in [2.75, 3.05) is 6.54 Å². The molecule has 0 atom stereocenters. The van der Waals surface area contributed by atoms with Crippen LogP contribution in [-0.2, 0) is 13.2 Å². The van der Waals surface area contributed by atoms with E-state index in [2.05, 4.69) is 10.3 Å². The zero-order chi connectivity index (χ0) is 15.4. The van der Waals surface area contributed by atoms with Gasteiger partial charge in [-0.05, 0) is 38.1 Å². The molecule has 0 spiro atoms. The van der Waals surface area contributed by atoms with Crippen molar-refractivity contribution in [3.63, 3.8) is 0 Å². The number of hydrogen-bond acceptors (Lipinski definition) is 4. The summed E-state index contributed by atoms with van der Waals surface area (Å²) in [6.07, 6.45) is 0. The lowest BCUT2D eigenvalue weighted by atomic mass is 10.2. The van der Waals surface area contributed by atoms with Crippen LogP contribution < -0.4 is 10.1 Å². The summed E-state index contributed by atoms with van der Waals surface area (Å²) in [5, 5.41) is 3.73. The summed E-state index contributed by atoms with van der Waals surface area (Å²) in [6, 6.07) is 2.58. The average molecular weight is 312 g/mol. The topological polar surface area (TPSA) is 34.1 Å². The number of thiazole rings is 1. The monoisotopic (exact) mass is 312 g/mol. The van der Waals surface area contributed by atoms with Gasteiger partial charge in [0.05, 0.1) is 5.69 Å². The van der Waals surface area contributed by atoms with Gasteiger partial charge in [0.25, 0.3) is 0 Å². The van der Waals surface area contributed by atoms with Crippen molar-refractivity contribution in [1.29, 1.82) is 0 Å². The number of aromatic nitrogens is 1. The minimum Gasteiger partial charge on any atom is -0.480 e. The van der Waals surface area contributed by atoms with Crippen molar-refractivity contribution in [3.05, 3.63) is 44.9 Å². The Hall–Kier alpha value is -1.53. The molecular weight excluding hydrogens is 294 g/mol. The van der Waals surface area contributed by atoms with Crippen molar-refractivity contribution in [3.8, 4) is 5.75 Å². The van der Waals surface area contributed by atoms with Crippen LogP contribution in [0.1, 0.15) is 28.1 Å². The maximum Gasteiger partial charge on any atom is 0.191 e. The Morgan fingerprint density at radius 1 is 1.24 bits per heavy atom. The summed E-state index contributed by atoms with van der Waals surface area (Å²) < 4.78 is 33.1. The number of aryl methyl sites for hydroxylation is 2. The van der Waals surface area contributed by atoms with E-state index in [1.54, 1.807) is 0 Å². The number of nitrogens with one attached hydrogen (secondary N) is 1. The number of hydrogen-bond donors (Lipinski definition) is 1. The van der Waals surface area contributed by atoms with Gasteiger partial charge in [0.2, 0.25) is 0 Å². The first-order valence-corrected chi connectivity index (χ1v) is 7.57. The molecule has 21 heavy (non-hydrogen) atoms. The number of nitrogens with zero attached hydrogens (tertiary/aromatic N) is 1. The summed E-state index contributed by atoms with van der Waals surface area (Å²) in [6.45, 7) is 7.01. The lowest BCUT2D eigenvalue weighted by Gasteiger charge is -2.09. The van der Waals surface area contributed by atoms with Crippen LogP contribution in [0.25, 0.3) is 0 Å². The third-order valence-corrected chi connectivity index (χ3v) is 4.10. The zero-order valence-electron chi connectivity index (χ0n) is 12.3. The van der Waals surface area contributed by atoms with E-state index < -0.39 is 11.6 Å². The predicted octanol–water partition coefficient (Wildman–Crippen LogP) is 3.73. The molecule has 0 aliphatic heterocycles. The number of ether oxygens (including phenoxy) is 1. The minimum atomic E-state index is -0.687. The summed E-state index contributed by atoms with van der Waals surface area (Å²) in [5.41, 5.74) is 1.47. The van der Waals surface area contributed by atoms with Gasteiger partial charge in [-0.2, -0.15) is 0 Å². The Balaban J connectivity index is 2.09. The van der Waals surface area contributed by atoms with Crippen LogP contribution in [0.3, 0.4) is 0 Å². The van der Waals surface area contributed by atoms with Crippen molar-refractivity contribution in [1.82, 2.24) is 10.3 Å². The third-order valence-electron chi connectivity index (χ3n) is 3.05. The van der Waals surface area contributed by atoms with Crippen LogP contribution in [0.4, 0.5) is 8.78 Å². The first-order valence-electron chi connectivity index (χ1n) is 6.75. The quantitative estimate of drug-likeness (QED) is 0.882. The van der Waals surface area contributed by atoms with Gasteiger partial charge in [-0.1, -0.05) is 6.92 Å². The van der Waals surface area contributed by atoms with E-state index in [9.17, 15) is 8.78 Å². The van der Waals surface area contributed by atoms with Gasteiger partial charge in [0.15, 0.2) is 17.4 Å². The molecular formula is C15H18F2N2OS. The Bertz CT molecular complexity index is 586. The van der Waals surface area contributed by atoms with Crippen LogP contribution in [-0.4, -0.2) is 11.5 Å². The Morgan fingerprint density at radius 2 is 1.90 bits per heavy atom. The molecule has 1 heterocycles. The maximum absolute atomic E-state index is 13.9. The van der Waals surface area contributed by atoms with Crippen LogP contribution in [0.2, 0.25) is 0 Å². The second-order valence-electron chi connectivity index (χ2n) is 4.71. The second-order valence-corrected chi connectivity index (χ2v) is 5.99. The van der Waals surface area contributed by atoms with Gasteiger partial charge in [-0.3, -0.25) is 0 Å². The number of benzene rings is 1. The SMILES string of the molecule is CCNCc1cc(F)c(OCc2nc(C)c(C)s2)c(F)c1. The molecule has 0 amide bonds. The van der Waals surface area contributed by atoms with E-state index in [0.717, 1.165) is 17.1 Å². The molecule has 0 saturated carbocycles. The summed E-state index contributed by atoms with van der Waals surface area (Å²) in [5.74, 6) is -1.72. The molecule has 114 valence electrons. The molecule has 0 aliphatic rings. The molecule has 2 rings (SSSR count). The van der Waals surface area contributed by atoms with E-state index in [1.165, 1.54) is 23.5 Å². The first-order chi connectivity index (χ1) is 10.0. The van der Waals surface area contributed by atoms with E-state index in [4.69, 9.17) is 4.74 Å². The standard InChI is InChI=1S/C15H18F2N2OS/c1-4-18-7-11-5-12(16)15(13(17)6-11)20-8-14-19-9(2)10(3)21-14/h5-6,18H,4,7-8H2,1-3H3. The fourth-order valence-corrected chi connectivity index (χ4v) is 2.70. The number of halogens is 2. The minimum absolute atomic E-state index is 0.0692.